The molecule has 0 amide bonds. The molecule has 62 valence electrons. The number of hydrogen-bond acceptors (Lipinski definition) is 1. The van der Waals surface area contributed by atoms with E-state index in [4.69, 9.17) is 11.6 Å². The molecular formula is C8H13ClN2. The van der Waals surface area contributed by atoms with E-state index < -0.39 is 0 Å². The molecule has 1 heterocycles. The van der Waals surface area contributed by atoms with Gasteiger partial charge in [0.2, 0.25) is 0 Å². The van der Waals surface area contributed by atoms with Gasteiger partial charge in [0.25, 0.3) is 0 Å². The molecule has 0 fully saturated rings. The number of aromatic nitrogens is 2. The monoisotopic (exact) mass is 172 g/mol. The quantitative estimate of drug-likeness (QED) is 0.639. The lowest BCUT2D eigenvalue weighted by Gasteiger charge is -2.09. The number of aryl methyl sites for hydroxylation is 1. The fourth-order valence-corrected chi connectivity index (χ4v) is 1.08. The first kappa shape index (κ1) is 8.60. The zero-order chi connectivity index (χ0) is 8.27. The largest absolute Gasteiger partial charge is 0.335 e. The van der Waals surface area contributed by atoms with Gasteiger partial charge in [0.05, 0.1) is 0 Å². The van der Waals surface area contributed by atoms with E-state index in [1.54, 1.807) is 0 Å². The van der Waals surface area contributed by atoms with Crippen LogP contribution in [0.2, 0.25) is 0 Å². The Bertz CT molecular complexity index is 220. The Morgan fingerprint density at radius 1 is 1.73 bits per heavy atom. The number of imidazole rings is 1. The zero-order valence-corrected chi connectivity index (χ0v) is 7.67. The minimum absolute atomic E-state index is 0.518. The third-order valence-corrected chi connectivity index (χ3v) is 2.22. The van der Waals surface area contributed by atoms with E-state index in [2.05, 4.69) is 16.5 Å². The van der Waals surface area contributed by atoms with Gasteiger partial charge in [0.1, 0.15) is 5.82 Å². The van der Waals surface area contributed by atoms with Crippen molar-refractivity contribution in [3.05, 3.63) is 18.2 Å². The fraction of sp³-hybridized carbons (Fsp3) is 0.625. The third-order valence-electron chi connectivity index (χ3n) is 1.70. The summed E-state index contributed by atoms with van der Waals surface area (Å²) in [5.41, 5.74) is 0. The standard InChI is InChI=1S/C8H13ClN2/c1-7(5-9)6-11-4-3-10-8(11)2/h3-4,7H,5-6H2,1-2H3. The molecule has 0 spiro atoms. The van der Waals surface area contributed by atoms with E-state index in [-0.39, 0.29) is 0 Å². The van der Waals surface area contributed by atoms with Crippen LogP contribution < -0.4 is 0 Å². The van der Waals surface area contributed by atoms with Gasteiger partial charge >= 0.3 is 0 Å². The van der Waals surface area contributed by atoms with Crippen molar-refractivity contribution in [2.75, 3.05) is 5.88 Å². The number of rotatable bonds is 3. The number of nitrogens with zero attached hydrogens (tertiary/aromatic N) is 2. The van der Waals surface area contributed by atoms with Crippen molar-refractivity contribution in [1.82, 2.24) is 9.55 Å². The summed E-state index contributed by atoms with van der Waals surface area (Å²) in [5, 5.41) is 0. The van der Waals surface area contributed by atoms with Crippen molar-refractivity contribution >= 4 is 11.6 Å². The first-order valence-corrected chi connectivity index (χ1v) is 4.31. The molecule has 1 atom stereocenters. The minimum atomic E-state index is 0.518. The molecule has 3 heteroatoms. The second-order valence-corrected chi connectivity index (χ2v) is 3.19. The van der Waals surface area contributed by atoms with Gasteiger partial charge in [0.15, 0.2) is 0 Å². The molecule has 1 rings (SSSR count). The average molecular weight is 173 g/mol. The molecule has 0 N–H and O–H groups in total. The molecule has 11 heavy (non-hydrogen) atoms. The molecule has 0 radical (unpaired) electrons. The lowest BCUT2D eigenvalue weighted by molar-refractivity contribution is 0.518. The highest BCUT2D eigenvalue weighted by Crippen LogP contribution is 2.04. The van der Waals surface area contributed by atoms with Gasteiger partial charge in [-0.25, -0.2) is 4.98 Å². The van der Waals surface area contributed by atoms with Gasteiger partial charge in [-0.2, -0.15) is 0 Å². The van der Waals surface area contributed by atoms with Crippen LogP contribution in [-0.4, -0.2) is 15.4 Å². The second-order valence-electron chi connectivity index (χ2n) is 2.89. The van der Waals surface area contributed by atoms with Crippen LogP contribution >= 0.6 is 11.6 Å². The van der Waals surface area contributed by atoms with E-state index in [1.807, 2.05) is 19.3 Å². The van der Waals surface area contributed by atoms with Crippen molar-refractivity contribution in [2.24, 2.45) is 5.92 Å². The lowest BCUT2D eigenvalue weighted by Crippen LogP contribution is -2.09. The summed E-state index contributed by atoms with van der Waals surface area (Å²) in [5.74, 6) is 2.28. The predicted octanol–water partition coefficient (Wildman–Crippen LogP) is 2.07. The van der Waals surface area contributed by atoms with Gasteiger partial charge in [-0.15, -0.1) is 11.6 Å². The SMILES string of the molecule is Cc1nccn1CC(C)CCl. The first-order chi connectivity index (χ1) is 5.24. The third kappa shape index (κ3) is 2.22. The molecule has 2 nitrogen and oxygen atoms in total. The topological polar surface area (TPSA) is 17.8 Å². The molecule has 0 aliphatic carbocycles. The van der Waals surface area contributed by atoms with E-state index in [0.29, 0.717) is 11.8 Å². The maximum absolute atomic E-state index is 5.69. The van der Waals surface area contributed by atoms with Crippen LogP contribution in [0.4, 0.5) is 0 Å². The van der Waals surface area contributed by atoms with Crippen LogP contribution in [0.15, 0.2) is 12.4 Å². The highest BCUT2D eigenvalue weighted by molar-refractivity contribution is 6.18. The van der Waals surface area contributed by atoms with Crippen LogP contribution in [0.1, 0.15) is 12.7 Å². The zero-order valence-electron chi connectivity index (χ0n) is 6.92. The smallest absolute Gasteiger partial charge is 0.105 e. The highest BCUT2D eigenvalue weighted by atomic mass is 35.5. The Hall–Kier alpha value is -0.500. The van der Waals surface area contributed by atoms with Crippen molar-refractivity contribution in [3.8, 4) is 0 Å². The molecule has 1 aromatic heterocycles. The van der Waals surface area contributed by atoms with Crippen LogP contribution in [0.25, 0.3) is 0 Å². The van der Waals surface area contributed by atoms with Gasteiger partial charge in [0, 0.05) is 24.8 Å². The molecule has 0 aliphatic heterocycles. The second kappa shape index (κ2) is 3.77. The van der Waals surface area contributed by atoms with Gasteiger partial charge < -0.3 is 4.57 Å². The summed E-state index contributed by atoms with van der Waals surface area (Å²) < 4.78 is 2.12. The molecule has 0 saturated carbocycles. The highest BCUT2D eigenvalue weighted by Gasteiger charge is 2.02. The Kier molecular flexibility index (Phi) is 2.94. The molecule has 1 unspecified atom stereocenters. The van der Waals surface area contributed by atoms with Gasteiger partial charge in [-0.1, -0.05) is 6.92 Å². The van der Waals surface area contributed by atoms with E-state index in [1.165, 1.54) is 0 Å². The average Bonchev–Trinajstić information content (AvgIpc) is 2.37. The summed E-state index contributed by atoms with van der Waals surface area (Å²) in [6.45, 7) is 5.10. The van der Waals surface area contributed by atoms with Crippen molar-refractivity contribution < 1.29 is 0 Å². The maximum Gasteiger partial charge on any atom is 0.105 e. The fourth-order valence-electron chi connectivity index (χ4n) is 0.981. The summed E-state index contributed by atoms with van der Waals surface area (Å²) in [7, 11) is 0. The maximum atomic E-state index is 5.69. The minimum Gasteiger partial charge on any atom is -0.335 e. The Balaban J connectivity index is 2.56. The van der Waals surface area contributed by atoms with Crippen molar-refractivity contribution in [1.29, 1.82) is 0 Å². The molecule has 0 bridgehead atoms. The number of hydrogen-bond donors (Lipinski definition) is 0. The van der Waals surface area contributed by atoms with Crippen LogP contribution in [0, 0.1) is 12.8 Å². The predicted molar refractivity (Wildman–Crippen MR) is 46.8 cm³/mol. The van der Waals surface area contributed by atoms with Crippen molar-refractivity contribution in [2.45, 2.75) is 20.4 Å². The van der Waals surface area contributed by atoms with E-state index in [9.17, 15) is 0 Å². The van der Waals surface area contributed by atoms with Gasteiger partial charge in [-0.05, 0) is 12.8 Å². The summed E-state index contributed by atoms with van der Waals surface area (Å²) in [6, 6.07) is 0. The van der Waals surface area contributed by atoms with E-state index >= 15 is 0 Å². The number of halogens is 1. The summed E-state index contributed by atoms with van der Waals surface area (Å²) in [6.07, 6.45) is 3.80. The molecule has 0 aliphatic rings. The lowest BCUT2D eigenvalue weighted by atomic mass is 10.2. The molecule has 0 aromatic carbocycles. The van der Waals surface area contributed by atoms with E-state index in [0.717, 1.165) is 12.4 Å². The van der Waals surface area contributed by atoms with Crippen LogP contribution in [0.3, 0.4) is 0 Å². The van der Waals surface area contributed by atoms with Crippen LogP contribution in [-0.2, 0) is 6.54 Å². The molecule has 1 aromatic rings. The number of alkyl halides is 1. The first-order valence-electron chi connectivity index (χ1n) is 3.77. The van der Waals surface area contributed by atoms with Crippen molar-refractivity contribution in [3.63, 3.8) is 0 Å². The molecular weight excluding hydrogens is 160 g/mol. The Morgan fingerprint density at radius 2 is 2.45 bits per heavy atom. The normalized spacial score (nSPS) is 13.4. The summed E-state index contributed by atoms with van der Waals surface area (Å²) in [4.78, 5) is 4.12. The van der Waals surface area contributed by atoms with Crippen LogP contribution in [0.5, 0.6) is 0 Å². The Morgan fingerprint density at radius 3 is 2.91 bits per heavy atom. The Labute approximate surface area is 72.2 Å². The molecule has 0 saturated heterocycles. The van der Waals surface area contributed by atoms with Gasteiger partial charge in [-0.3, -0.25) is 0 Å². The summed E-state index contributed by atoms with van der Waals surface area (Å²) >= 11 is 5.69.